The number of carboxylic acid groups (broad SMARTS) is 1. The summed E-state index contributed by atoms with van der Waals surface area (Å²) in [6.07, 6.45) is 4.11. The molecule has 1 fully saturated rings. The highest BCUT2D eigenvalue weighted by molar-refractivity contribution is 7.98. The van der Waals surface area contributed by atoms with Gasteiger partial charge in [0, 0.05) is 13.7 Å². The number of carbonyl (C=O) groups is 2. The maximum absolute atomic E-state index is 12.2. The van der Waals surface area contributed by atoms with Crippen LogP contribution in [-0.4, -0.2) is 65.9 Å². The predicted molar refractivity (Wildman–Crippen MR) is 79.2 cm³/mol. The van der Waals surface area contributed by atoms with E-state index in [0.717, 1.165) is 12.8 Å². The van der Waals surface area contributed by atoms with Crippen LogP contribution < -0.4 is 5.32 Å². The molecule has 7 heteroatoms. The third kappa shape index (κ3) is 4.86. The fraction of sp³-hybridized carbons (Fsp3) is 0.846. The number of carboxylic acids is 1. The maximum atomic E-state index is 12.2. The third-order valence-corrected chi connectivity index (χ3v) is 4.29. The van der Waals surface area contributed by atoms with Gasteiger partial charge in [0.15, 0.2) is 0 Å². The van der Waals surface area contributed by atoms with Crippen LogP contribution in [0.15, 0.2) is 0 Å². The number of amides is 2. The van der Waals surface area contributed by atoms with E-state index in [-0.39, 0.29) is 11.6 Å². The molecule has 1 unspecified atom stereocenters. The van der Waals surface area contributed by atoms with Crippen LogP contribution in [0.2, 0.25) is 0 Å². The first kappa shape index (κ1) is 17.1. The summed E-state index contributed by atoms with van der Waals surface area (Å²) in [7, 11) is 1.64. The molecule has 1 saturated heterocycles. The van der Waals surface area contributed by atoms with E-state index >= 15 is 0 Å². The van der Waals surface area contributed by atoms with Crippen LogP contribution in [0.5, 0.6) is 0 Å². The molecule has 6 nitrogen and oxygen atoms in total. The van der Waals surface area contributed by atoms with E-state index in [1.807, 2.05) is 13.2 Å². The molecule has 116 valence electrons. The number of nitrogens with zero attached hydrogens (tertiary/aromatic N) is 1. The third-order valence-electron chi connectivity index (χ3n) is 3.65. The number of ether oxygens (including phenoxy) is 1. The van der Waals surface area contributed by atoms with Gasteiger partial charge in [-0.25, -0.2) is 9.59 Å². The highest BCUT2D eigenvalue weighted by Gasteiger charge is 2.34. The van der Waals surface area contributed by atoms with Crippen molar-refractivity contribution in [2.24, 2.45) is 0 Å². The van der Waals surface area contributed by atoms with E-state index in [0.29, 0.717) is 25.3 Å². The molecule has 0 bridgehead atoms. The van der Waals surface area contributed by atoms with Crippen LogP contribution in [0.1, 0.15) is 26.2 Å². The van der Waals surface area contributed by atoms with E-state index in [9.17, 15) is 9.59 Å². The Labute approximate surface area is 124 Å². The van der Waals surface area contributed by atoms with Crippen molar-refractivity contribution >= 4 is 23.8 Å². The van der Waals surface area contributed by atoms with Gasteiger partial charge in [0.1, 0.15) is 6.04 Å². The summed E-state index contributed by atoms with van der Waals surface area (Å²) in [5.41, 5.74) is -0.340. The van der Waals surface area contributed by atoms with Gasteiger partial charge >= 0.3 is 12.0 Å². The maximum Gasteiger partial charge on any atom is 0.326 e. The van der Waals surface area contributed by atoms with Crippen molar-refractivity contribution in [3.63, 3.8) is 0 Å². The fourth-order valence-electron chi connectivity index (χ4n) is 2.28. The summed E-state index contributed by atoms with van der Waals surface area (Å²) in [5.74, 6) is -0.286. The lowest BCUT2D eigenvalue weighted by Crippen LogP contribution is -2.55. The first-order valence-corrected chi connectivity index (χ1v) is 8.13. The molecule has 0 aliphatic carbocycles. The number of aliphatic carboxylic acids is 1. The Balaban J connectivity index is 2.57. The lowest BCUT2D eigenvalue weighted by molar-refractivity contribution is -0.139. The topological polar surface area (TPSA) is 78.9 Å². The number of likely N-dealkylation sites (tertiary alicyclic amines) is 1. The summed E-state index contributed by atoms with van der Waals surface area (Å²) in [6.45, 7) is 3.10. The molecule has 2 amide bonds. The molecule has 1 heterocycles. The summed E-state index contributed by atoms with van der Waals surface area (Å²) in [6, 6.07) is -1.15. The highest BCUT2D eigenvalue weighted by Crippen LogP contribution is 2.23. The zero-order chi connectivity index (χ0) is 15.2. The van der Waals surface area contributed by atoms with Crippen LogP contribution in [0, 0.1) is 0 Å². The Kier molecular flexibility index (Phi) is 6.61. The first-order valence-electron chi connectivity index (χ1n) is 6.74. The number of piperidine rings is 1. The van der Waals surface area contributed by atoms with Gasteiger partial charge in [-0.3, -0.25) is 0 Å². The van der Waals surface area contributed by atoms with E-state index in [2.05, 4.69) is 5.32 Å². The van der Waals surface area contributed by atoms with Crippen LogP contribution in [0.4, 0.5) is 4.79 Å². The smallest absolute Gasteiger partial charge is 0.326 e. The molecule has 1 aliphatic heterocycles. The van der Waals surface area contributed by atoms with E-state index in [4.69, 9.17) is 9.84 Å². The van der Waals surface area contributed by atoms with E-state index in [1.54, 1.807) is 23.8 Å². The van der Waals surface area contributed by atoms with Crippen molar-refractivity contribution in [1.82, 2.24) is 10.2 Å². The molecule has 2 N–H and O–H groups in total. The first-order chi connectivity index (χ1) is 9.41. The van der Waals surface area contributed by atoms with Crippen molar-refractivity contribution < 1.29 is 19.4 Å². The van der Waals surface area contributed by atoms with Crippen molar-refractivity contribution in [3.8, 4) is 0 Å². The Morgan fingerprint density at radius 1 is 1.55 bits per heavy atom. The molecule has 0 saturated carbocycles. The predicted octanol–water partition coefficient (Wildman–Crippen LogP) is 1.40. The van der Waals surface area contributed by atoms with Gasteiger partial charge in [0.2, 0.25) is 0 Å². The van der Waals surface area contributed by atoms with Gasteiger partial charge < -0.3 is 20.1 Å². The second-order valence-corrected chi connectivity index (χ2v) is 6.29. The quantitative estimate of drug-likeness (QED) is 0.775. The largest absolute Gasteiger partial charge is 0.480 e. The molecule has 20 heavy (non-hydrogen) atoms. The van der Waals surface area contributed by atoms with Crippen LogP contribution >= 0.6 is 11.8 Å². The van der Waals surface area contributed by atoms with Gasteiger partial charge in [0.05, 0.1) is 12.1 Å². The van der Waals surface area contributed by atoms with Gasteiger partial charge in [0.25, 0.3) is 0 Å². The molecule has 0 radical (unpaired) electrons. The monoisotopic (exact) mass is 304 g/mol. The average Bonchev–Trinajstić information content (AvgIpc) is 2.43. The molecule has 2 atom stereocenters. The summed E-state index contributed by atoms with van der Waals surface area (Å²) in [4.78, 5) is 24.9. The number of urea groups is 1. The molecule has 0 aromatic heterocycles. The van der Waals surface area contributed by atoms with Gasteiger partial charge in [-0.05, 0) is 38.2 Å². The second-order valence-electron chi connectivity index (χ2n) is 5.30. The SMILES string of the molecule is COC1(C)CCCN(C(=O)N[C@@H](CCSC)C(=O)O)C1. The number of rotatable bonds is 6. The van der Waals surface area contributed by atoms with E-state index < -0.39 is 12.0 Å². The normalized spacial score (nSPS) is 24.2. The Morgan fingerprint density at radius 3 is 2.80 bits per heavy atom. The summed E-state index contributed by atoms with van der Waals surface area (Å²) in [5, 5.41) is 11.7. The van der Waals surface area contributed by atoms with Gasteiger partial charge in [-0.15, -0.1) is 0 Å². The summed E-state index contributed by atoms with van der Waals surface area (Å²) < 4.78 is 5.44. The van der Waals surface area contributed by atoms with E-state index in [1.165, 1.54) is 0 Å². The number of thioether (sulfide) groups is 1. The minimum atomic E-state index is -0.987. The van der Waals surface area contributed by atoms with Crippen LogP contribution in [0.3, 0.4) is 0 Å². The Hall–Kier alpha value is -0.950. The molecular formula is C13H24N2O4S. The number of carbonyl (C=O) groups excluding carboxylic acids is 1. The zero-order valence-corrected chi connectivity index (χ0v) is 13.2. The van der Waals surface area contributed by atoms with Crippen molar-refractivity contribution in [2.75, 3.05) is 32.2 Å². The minimum absolute atomic E-state index is 0.318. The molecular weight excluding hydrogens is 280 g/mol. The number of hydrogen-bond acceptors (Lipinski definition) is 4. The molecule has 0 spiro atoms. The molecule has 1 rings (SSSR count). The van der Waals surface area contributed by atoms with Crippen LogP contribution in [-0.2, 0) is 9.53 Å². The highest BCUT2D eigenvalue weighted by atomic mass is 32.2. The zero-order valence-electron chi connectivity index (χ0n) is 12.3. The Morgan fingerprint density at radius 2 is 2.25 bits per heavy atom. The van der Waals surface area contributed by atoms with Crippen molar-refractivity contribution in [1.29, 1.82) is 0 Å². The standard InChI is InChI=1S/C13H24N2O4S/c1-13(19-2)6-4-7-15(9-13)12(18)14-10(11(16)17)5-8-20-3/h10H,4-9H2,1-3H3,(H,14,18)(H,16,17)/t10-,13?/m0/s1. The molecule has 1 aliphatic rings. The number of nitrogens with one attached hydrogen (secondary N) is 1. The van der Waals surface area contributed by atoms with Crippen molar-refractivity contribution in [2.45, 2.75) is 37.8 Å². The number of hydrogen-bond donors (Lipinski definition) is 2. The molecule has 0 aromatic carbocycles. The van der Waals surface area contributed by atoms with Crippen molar-refractivity contribution in [3.05, 3.63) is 0 Å². The lowest BCUT2D eigenvalue weighted by Gasteiger charge is -2.39. The molecule has 0 aromatic rings. The summed E-state index contributed by atoms with van der Waals surface area (Å²) >= 11 is 1.57. The van der Waals surface area contributed by atoms with Gasteiger partial charge in [-0.2, -0.15) is 11.8 Å². The fourth-order valence-corrected chi connectivity index (χ4v) is 2.75. The van der Waals surface area contributed by atoms with Gasteiger partial charge in [-0.1, -0.05) is 0 Å². The lowest BCUT2D eigenvalue weighted by atomic mass is 9.95. The minimum Gasteiger partial charge on any atom is -0.480 e. The Bertz CT molecular complexity index is 353. The number of methoxy groups -OCH3 is 1. The van der Waals surface area contributed by atoms with Crippen LogP contribution in [0.25, 0.3) is 0 Å². The second kappa shape index (κ2) is 7.73. The average molecular weight is 304 g/mol.